The molecule has 134 valence electrons. The number of aryl methyl sites for hydroxylation is 1. The van der Waals surface area contributed by atoms with E-state index in [0.29, 0.717) is 11.8 Å². The summed E-state index contributed by atoms with van der Waals surface area (Å²) < 4.78 is 2.31. The van der Waals surface area contributed by atoms with Gasteiger partial charge in [-0.15, -0.1) is 0 Å². The molecule has 6 nitrogen and oxygen atoms in total. The molecule has 0 fully saturated rings. The number of rotatable bonds is 7. The first-order chi connectivity index (χ1) is 11.8. The fourth-order valence-corrected chi connectivity index (χ4v) is 3.05. The number of carbonyl (C=O) groups is 1. The maximum Gasteiger partial charge on any atom is 0.475 e. The molecule has 8 heteroatoms. The number of pyridine rings is 1. The molecule has 0 spiro atoms. The number of nitrogens with one attached hydrogen (secondary N) is 1. The largest absolute Gasteiger partial charge is 0.475 e. The van der Waals surface area contributed by atoms with E-state index >= 15 is 0 Å². The van der Waals surface area contributed by atoms with Crippen LogP contribution in [0.15, 0.2) is 39.7 Å². The van der Waals surface area contributed by atoms with Crippen LogP contribution in [0.1, 0.15) is 26.7 Å². The summed E-state index contributed by atoms with van der Waals surface area (Å²) in [6.45, 7) is 4.10. The fourth-order valence-electron chi connectivity index (χ4n) is 2.69. The van der Waals surface area contributed by atoms with E-state index in [1.54, 1.807) is 12.3 Å². The summed E-state index contributed by atoms with van der Waals surface area (Å²) >= 11 is 3.35. The predicted molar refractivity (Wildman–Crippen MR) is 102 cm³/mol. The second-order valence-corrected chi connectivity index (χ2v) is 7.43. The van der Waals surface area contributed by atoms with Crippen molar-refractivity contribution in [1.29, 1.82) is 0 Å². The number of fused-ring (bicyclic) bond motifs is 1. The van der Waals surface area contributed by atoms with Gasteiger partial charge in [0.25, 0.3) is 5.56 Å². The lowest BCUT2D eigenvalue weighted by Gasteiger charge is -2.19. The minimum Gasteiger partial charge on any atom is -0.426 e. The molecule has 2 aromatic rings. The van der Waals surface area contributed by atoms with Crippen LogP contribution in [0.3, 0.4) is 0 Å². The van der Waals surface area contributed by atoms with Crippen LogP contribution in [-0.4, -0.2) is 33.6 Å². The minimum atomic E-state index is -1.60. The van der Waals surface area contributed by atoms with E-state index in [1.807, 2.05) is 32.0 Å². The second-order valence-electron chi connectivity index (χ2n) is 6.51. The van der Waals surface area contributed by atoms with Crippen LogP contribution in [0.4, 0.5) is 0 Å². The van der Waals surface area contributed by atoms with Crippen molar-refractivity contribution in [3.05, 3.63) is 45.3 Å². The molecule has 1 heterocycles. The molecule has 0 aliphatic heterocycles. The summed E-state index contributed by atoms with van der Waals surface area (Å²) in [6.07, 6.45) is 2.21. The highest BCUT2D eigenvalue weighted by Gasteiger charge is 2.25. The van der Waals surface area contributed by atoms with E-state index < -0.39 is 13.1 Å². The molecule has 1 aromatic carbocycles. The molecule has 0 aliphatic rings. The Morgan fingerprint density at radius 2 is 2.04 bits per heavy atom. The van der Waals surface area contributed by atoms with Crippen LogP contribution in [0, 0.1) is 5.92 Å². The Kier molecular flexibility index (Phi) is 6.81. The summed E-state index contributed by atoms with van der Waals surface area (Å²) in [7, 11) is -1.60. The molecule has 0 saturated heterocycles. The third-order valence-corrected chi connectivity index (χ3v) is 4.45. The third-order valence-electron chi connectivity index (χ3n) is 3.95. The van der Waals surface area contributed by atoms with Gasteiger partial charge in [0.1, 0.15) is 0 Å². The number of hydrogen-bond acceptors (Lipinski definition) is 4. The maximum atomic E-state index is 12.5. The van der Waals surface area contributed by atoms with Gasteiger partial charge in [-0.1, -0.05) is 35.8 Å². The van der Waals surface area contributed by atoms with Crippen molar-refractivity contribution in [3.63, 3.8) is 0 Å². The van der Waals surface area contributed by atoms with Crippen molar-refractivity contribution in [1.82, 2.24) is 9.88 Å². The van der Waals surface area contributed by atoms with Gasteiger partial charge in [-0.3, -0.25) is 9.59 Å². The summed E-state index contributed by atoms with van der Waals surface area (Å²) in [6, 6.07) is 7.32. The van der Waals surface area contributed by atoms with Gasteiger partial charge >= 0.3 is 7.12 Å². The van der Waals surface area contributed by atoms with Gasteiger partial charge in [-0.05, 0) is 35.9 Å². The van der Waals surface area contributed by atoms with Gasteiger partial charge < -0.3 is 19.9 Å². The van der Waals surface area contributed by atoms with E-state index in [0.717, 1.165) is 9.86 Å². The lowest BCUT2D eigenvalue weighted by molar-refractivity contribution is -0.121. The van der Waals surface area contributed by atoms with E-state index in [9.17, 15) is 19.6 Å². The lowest BCUT2D eigenvalue weighted by Crippen LogP contribution is -2.47. The van der Waals surface area contributed by atoms with E-state index in [-0.39, 0.29) is 30.3 Å². The van der Waals surface area contributed by atoms with Crippen LogP contribution in [0.5, 0.6) is 0 Å². The van der Waals surface area contributed by atoms with E-state index in [4.69, 9.17) is 0 Å². The first kappa shape index (κ1) is 19.7. The molecule has 0 bridgehead atoms. The van der Waals surface area contributed by atoms with E-state index in [1.165, 1.54) is 4.57 Å². The van der Waals surface area contributed by atoms with Crippen molar-refractivity contribution >= 4 is 39.7 Å². The van der Waals surface area contributed by atoms with Crippen LogP contribution >= 0.6 is 15.9 Å². The summed E-state index contributed by atoms with van der Waals surface area (Å²) in [5.74, 6) is -0.814. The molecule has 1 atom stereocenters. The normalized spacial score (nSPS) is 12.4. The topological polar surface area (TPSA) is 91.6 Å². The quantitative estimate of drug-likeness (QED) is 0.608. The molecule has 0 saturated carbocycles. The Bertz CT molecular complexity index is 807. The van der Waals surface area contributed by atoms with Gasteiger partial charge in [0.2, 0.25) is 5.91 Å². The van der Waals surface area contributed by atoms with Gasteiger partial charge in [-0.2, -0.15) is 0 Å². The fraction of sp³-hybridized carbons (Fsp3) is 0.412. The average molecular weight is 409 g/mol. The Balaban J connectivity index is 2.05. The SMILES string of the molecule is CC(C)CC(NC(=O)CCn1ccc2ccc(Br)cc2c1=O)B(O)O. The van der Waals surface area contributed by atoms with Crippen molar-refractivity contribution in [3.8, 4) is 0 Å². The van der Waals surface area contributed by atoms with Crippen LogP contribution in [0.25, 0.3) is 10.8 Å². The molecule has 3 N–H and O–H groups in total. The molecule has 1 aromatic heterocycles. The summed E-state index contributed by atoms with van der Waals surface area (Å²) in [5, 5.41) is 22.8. The summed E-state index contributed by atoms with van der Waals surface area (Å²) in [5.41, 5.74) is -0.160. The Morgan fingerprint density at radius 1 is 1.32 bits per heavy atom. The van der Waals surface area contributed by atoms with Gasteiger partial charge in [0, 0.05) is 29.0 Å². The standard InChI is InChI=1S/C17H22BBrN2O4/c1-11(2)9-15(18(24)25)20-16(22)6-8-21-7-5-12-3-4-13(19)10-14(12)17(21)23/h3-5,7,10-11,15,24-25H,6,8-9H2,1-2H3,(H,20,22). The van der Waals surface area contributed by atoms with Crippen molar-refractivity contribution in [2.75, 3.05) is 0 Å². The zero-order valence-corrected chi connectivity index (χ0v) is 15.9. The highest BCUT2D eigenvalue weighted by Crippen LogP contribution is 2.16. The smallest absolute Gasteiger partial charge is 0.426 e. The number of benzene rings is 1. The molecule has 1 unspecified atom stereocenters. The lowest BCUT2D eigenvalue weighted by atomic mass is 9.75. The Hall–Kier alpha value is -1.64. The highest BCUT2D eigenvalue weighted by molar-refractivity contribution is 9.10. The number of aromatic nitrogens is 1. The van der Waals surface area contributed by atoms with Crippen LogP contribution in [-0.2, 0) is 11.3 Å². The van der Waals surface area contributed by atoms with Crippen LogP contribution < -0.4 is 10.9 Å². The minimum absolute atomic E-state index is 0.0841. The molecular weight excluding hydrogens is 387 g/mol. The highest BCUT2D eigenvalue weighted by atomic mass is 79.9. The second kappa shape index (κ2) is 8.64. The molecular formula is C17H22BBrN2O4. The number of hydrogen-bond donors (Lipinski definition) is 3. The summed E-state index contributed by atoms with van der Waals surface area (Å²) in [4.78, 5) is 24.6. The van der Waals surface area contributed by atoms with Crippen LogP contribution in [0.2, 0.25) is 0 Å². The number of nitrogens with zero attached hydrogens (tertiary/aromatic N) is 1. The molecule has 2 rings (SSSR count). The molecule has 25 heavy (non-hydrogen) atoms. The first-order valence-electron chi connectivity index (χ1n) is 8.22. The third kappa shape index (κ3) is 5.42. The van der Waals surface area contributed by atoms with Gasteiger partial charge in [-0.25, -0.2) is 0 Å². The zero-order valence-electron chi connectivity index (χ0n) is 14.3. The molecule has 0 aliphatic carbocycles. The maximum absolute atomic E-state index is 12.5. The van der Waals surface area contributed by atoms with Crippen molar-refractivity contribution < 1.29 is 14.8 Å². The monoisotopic (exact) mass is 408 g/mol. The molecule has 1 amide bonds. The number of halogens is 1. The Labute approximate surface area is 155 Å². The predicted octanol–water partition coefficient (Wildman–Crippen LogP) is 1.70. The zero-order chi connectivity index (χ0) is 18.6. The van der Waals surface area contributed by atoms with Crippen molar-refractivity contribution in [2.45, 2.75) is 39.2 Å². The first-order valence-corrected chi connectivity index (χ1v) is 9.01. The molecule has 0 radical (unpaired) electrons. The van der Waals surface area contributed by atoms with Crippen molar-refractivity contribution in [2.24, 2.45) is 5.92 Å². The number of carbonyl (C=O) groups excluding carboxylic acids is 1. The number of amides is 1. The average Bonchev–Trinajstić information content (AvgIpc) is 2.53. The Morgan fingerprint density at radius 3 is 2.68 bits per heavy atom. The van der Waals surface area contributed by atoms with Gasteiger partial charge in [0.05, 0.1) is 5.94 Å². The van der Waals surface area contributed by atoms with Gasteiger partial charge in [0.15, 0.2) is 0 Å². The van der Waals surface area contributed by atoms with E-state index in [2.05, 4.69) is 21.2 Å².